The Kier molecular flexibility index (Phi) is 6.12. The minimum Gasteiger partial charge on any atom is -0.465 e. The van der Waals surface area contributed by atoms with Crippen LogP contribution in [0.2, 0.25) is 0 Å². The highest BCUT2D eigenvalue weighted by molar-refractivity contribution is 5.85. The highest BCUT2D eigenvalue weighted by Gasteiger charge is 2.27. The van der Waals surface area contributed by atoms with Gasteiger partial charge in [-0.15, -0.1) is 12.4 Å². The predicted octanol–water partition coefficient (Wildman–Crippen LogP) is 2.86. The second-order valence-electron chi connectivity index (χ2n) is 4.96. The van der Waals surface area contributed by atoms with E-state index in [1.807, 2.05) is 30.3 Å². The average Bonchev–Trinajstić information content (AvgIpc) is 2.38. The highest BCUT2D eigenvalue weighted by atomic mass is 35.5. The summed E-state index contributed by atoms with van der Waals surface area (Å²) in [5.41, 5.74) is 6.90. The molecule has 1 saturated carbocycles. The van der Waals surface area contributed by atoms with E-state index in [1.54, 1.807) is 4.90 Å². The lowest BCUT2D eigenvalue weighted by Gasteiger charge is -2.34. The molecule has 0 atom stereocenters. The molecule has 0 spiro atoms. The molecule has 0 bridgehead atoms. The minimum absolute atomic E-state index is 0. The molecular formula is C14H21ClN2O2. The van der Waals surface area contributed by atoms with Crippen LogP contribution in [0.5, 0.6) is 0 Å². The summed E-state index contributed by atoms with van der Waals surface area (Å²) in [6.45, 7) is 0.468. The molecule has 0 aromatic heterocycles. The van der Waals surface area contributed by atoms with Gasteiger partial charge in [0.15, 0.2) is 0 Å². The lowest BCUT2D eigenvalue weighted by atomic mass is 9.90. The Morgan fingerprint density at radius 3 is 2.32 bits per heavy atom. The second kappa shape index (κ2) is 7.36. The third kappa shape index (κ3) is 4.40. The van der Waals surface area contributed by atoms with Gasteiger partial charge in [0.2, 0.25) is 0 Å². The van der Waals surface area contributed by atoms with Crippen molar-refractivity contribution in [2.45, 2.75) is 44.3 Å². The van der Waals surface area contributed by atoms with Crippen molar-refractivity contribution in [1.29, 1.82) is 0 Å². The molecule has 3 N–H and O–H groups in total. The van der Waals surface area contributed by atoms with Gasteiger partial charge in [-0.2, -0.15) is 0 Å². The topological polar surface area (TPSA) is 66.6 Å². The molecule has 0 saturated heterocycles. The predicted molar refractivity (Wildman–Crippen MR) is 77.5 cm³/mol. The third-order valence-corrected chi connectivity index (χ3v) is 3.62. The molecule has 1 aromatic carbocycles. The summed E-state index contributed by atoms with van der Waals surface area (Å²) in [5.74, 6) is 0. The van der Waals surface area contributed by atoms with Crippen molar-refractivity contribution in [1.82, 2.24) is 4.90 Å². The van der Waals surface area contributed by atoms with Crippen LogP contribution in [-0.4, -0.2) is 28.2 Å². The molecule has 1 aliphatic carbocycles. The molecular weight excluding hydrogens is 264 g/mol. The Morgan fingerprint density at radius 2 is 1.79 bits per heavy atom. The first kappa shape index (κ1) is 15.8. The number of hydrogen-bond donors (Lipinski definition) is 2. The molecule has 5 heteroatoms. The minimum atomic E-state index is -0.834. The molecule has 2 rings (SSSR count). The maximum absolute atomic E-state index is 11.4. The largest absolute Gasteiger partial charge is 0.465 e. The number of halogens is 1. The number of carboxylic acid groups (broad SMARTS) is 1. The number of nitrogens with zero attached hydrogens (tertiary/aromatic N) is 1. The first-order chi connectivity index (χ1) is 8.66. The maximum Gasteiger partial charge on any atom is 0.407 e. The van der Waals surface area contributed by atoms with Crippen LogP contribution in [0.4, 0.5) is 4.79 Å². The third-order valence-electron chi connectivity index (χ3n) is 3.62. The molecule has 4 nitrogen and oxygen atoms in total. The fourth-order valence-corrected chi connectivity index (χ4v) is 2.55. The normalized spacial score (nSPS) is 22.4. The van der Waals surface area contributed by atoms with Crippen LogP contribution in [0.15, 0.2) is 30.3 Å². The lowest BCUT2D eigenvalue weighted by molar-refractivity contribution is 0.104. The van der Waals surface area contributed by atoms with Gasteiger partial charge in [-0.3, -0.25) is 0 Å². The standard InChI is InChI=1S/C14H20N2O2.ClH/c15-12-6-8-13(9-7-12)16(14(17)18)10-11-4-2-1-3-5-11;/h1-5,12-13H,6-10,15H2,(H,17,18);1H. The van der Waals surface area contributed by atoms with E-state index >= 15 is 0 Å². The van der Waals surface area contributed by atoms with Crippen molar-refractivity contribution in [3.63, 3.8) is 0 Å². The Hall–Kier alpha value is -1.26. The quantitative estimate of drug-likeness (QED) is 0.897. The van der Waals surface area contributed by atoms with Gasteiger partial charge in [0, 0.05) is 18.6 Å². The first-order valence-electron chi connectivity index (χ1n) is 6.46. The van der Waals surface area contributed by atoms with Gasteiger partial charge < -0.3 is 15.7 Å². The number of carbonyl (C=O) groups is 1. The maximum atomic E-state index is 11.4. The van der Waals surface area contributed by atoms with E-state index in [0.29, 0.717) is 6.54 Å². The van der Waals surface area contributed by atoms with E-state index < -0.39 is 6.09 Å². The smallest absolute Gasteiger partial charge is 0.407 e. The van der Waals surface area contributed by atoms with Crippen LogP contribution in [0.1, 0.15) is 31.2 Å². The van der Waals surface area contributed by atoms with Crippen LogP contribution in [0.3, 0.4) is 0 Å². The molecule has 19 heavy (non-hydrogen) atoms. The van der Waals surface area contributed by atoms with E-state index in [0.717, 1.165) is 31.2 Å². The van der Waals surface area contributed by atoms with Crippen molar-refractivity contribution in [2.24, 2.45) is 5.73 Å². The highest BCUT2D eigenvalue weighted by Crippen LogP contribution is 2.23. The Labute approximate surface area is 120 Å². The Balaban J connectivity index is 0.00000180. The van der Waals surface area contributed by atoms with Crippen LogP contribution in [0.25, 0.3) is 0 Å². The SMILES string of the molecule is Cl.NC1CCC(N(Cc2ccccc2)C(=O)O)CC1. The summed E-state index contributed by atoms with van der Waals surface area (Å²) in [5, 5.41) is 9.35. The number of hydrogen-bond acceptors (Lipinski definition) is 2. The summed E-state index contributed by atoms with van der Waals surface area (Å²) >= 11 is 0. The number of amides is 1. The fraction of sp³-hybridized carbons (Fsp3) is 0.500. The summed E-state index contributed by atoms with van der Waals surface area (Å²) < 4.78 is 0. The molecule has 0 radical (unpaired) electrons. The van der Waals surface area contributed by atoms with Crippen molar-refractivity contribution < 1.29 is 9.90 Å². The molecule has 0 aliphatic heterocycles. The van der Waals surface area contributed by atoms with E-state index in [9.17, 15) is 9.90 Å². The van der Waals surface area contributed by atoms with Crippen molar-refractivity contribution >= 4 is 18.5 Å². The zero-order valence-electron chi connectivity index (χ0n) is 10.9. The molecule has 1 fully saturated rings. The van der Waals surface area contributed by atoms with Gasteiger partial charge in [0.05, 0.1) is 0 Å². The average molecular weight is 285 g/mol. The van der Waals surface area contributed by atoms with E-state index in [1.165, 1.54) is 0 Å². The molecule has 1 aromatic rings. The van der Waals surface area contributed by atoms with Gasteiger partial charge in [-0.05, 0) is 31.2 Å². The van der Waals surface area contributed by atoms with Gasteiger partial charge in [-0.25, -0.2) is 4.79 Å². The molecule has 0 heterocycles. The van der Waals surface area contributed by atoms with Crippen molar-refractivity contribution in [3.05, 3.63) is 35.9 Å². The number of nitrogens with two attached hydrogens (primary N) is 1. The number of rotatable bonds is 3. The summed E-state index contributed by atoms with van der Waals surface area (Å²) in [7, 11) is 0. The van der Waals surface area contributed by atoms with E-state index in [-0.39, 0.29) is 24.5 Å². The van der Waals surface area contributed by atoms with Crippen molar-refractivity contribution in [3.8, 4) is 0 Å². The van der Waals surface area contributed by atoms with Gasteiger partial charge in [-0.1, -0.05) is 30.3 Å². The second-order valence-corrected chi connectivity index (χ2v) is 4.96. The summed E-state index contributed by atoms with van der Waals surface area (Å²) in [4.78, 5) is 12.9. The van der Waals surface area contributed by atoms with E-state index in [4.69, 9.17) is 5.73 Å². The molecule has 1 amide bonds. The monoisotopic (exact) mass is 284 g/mol. The van der Waals surface area contributed by atoms with Gasteiger partial charge in [0.25, 0.3) is 0 Å². The number of benzene rings is 1. The van der Waals surface area contributed by atoms with Crippen molar-refractivity contribution in [2.75, 3.05) is 0 Å². The van der Waals surface area contributed by atoms with Crippen LogP contribution in [-0.2, 0) is 6.54 Å². The van der Waals surface area contributed by atoms with E-state index in [2.05, 4.69) is 0 Å². The summed E-state index contributed by atoms with van der Waals surface area (Å²) in [6, 6.07) is 10.1. The zero-order valence-corrected chi connectivity index (χ0v) is 11.7. The lowest BCUT2D eigenvalue weighted by Crippen LogP contribution is -2.43. The molecule has 106 valence electrons. The molecule has 0 unspecified atom stereocenters. The van der Waals surface area contributed by atoms with Gasteiger partial charge >= 0.3 is 6.09 Å². The van der Waals surface area contributed by atoms with Crippen LogP contribution >= 0.6 is 12.4 Å². The Morgan fingerprint density at radius 1 is 1.21 bits per heavy atom. The first-order valence-corrected chi connectivity index (χ1v) is 6.46. The molecule has 1 aliphatic rings. The summed E-state index contributed by atoms with van der Waals surface area (Å²) in [6.07, 6.45) is 2.76. The zero-order chi connectivity index (χ0) is 13.0. The van der Waals surface area contributed by atoms with Gasteiger partial charge in [0.1, 0.15) is 0 Å². The Bertz CT molecular complexity index is 392. The fourth-order valence-electron chi connectivity index (χ4n) is 2.55. The van der Waals surface area contributed by atoms with Crippen LogP contribution in [0, 0.1) is 0 Å². The van der Waals surface area contributed by atoms with Crippen LogP contribution < -0.4 is 5.73 Å².